The third-order valence-electron chi connectivity index (χ3n) is 4.74. The van der Waals surface area contributed by atoms with E-state index in [1.807, 2.05) is 36.4 Å². The first-order valence-corrected chi connectivity index (χ1v) is 9.62. The van der Waals surface area contributed by atoms with E-state index in [-0.39, 0.29) is 17.9 Å². The van der Waals surface area contributed by atoms with Crippen LogP contribution in [0.3, 0.4) is 0 Å². The van der Waals surface area contributed by atoms with Crippen LogP contribution in [0.4, 0.5) is 0 Å². The lowest BCUT2D eigenvalue weighted by molar-refractivity contribution is -0.117. The Morgan fingerprint density at radius 1 is 1.07 bits per heavy atom. The van der Waals surface area contributed by atoms with Gasteiger partial charge in [-0.15, -0.1) is 0 Å². The van der Waals surface area contributed by atoms with Crippen LogP contribution in [-0.2, 0) is 4.79 Å². The van der Waals surface area contributed by atoms with E-state index in [1.54, 1.807) is 20.3 Å². The second-order valence-electron chi connectivity index (χ2n) is 7.05. The fraction of sp³-hybridized carbons (Fsp3) is 0.348. The molecule has 0 fully saturated rings. The third-order valence-corrected chi connectivity index (χ3v) is 4.74. The number of hydrogen-bond acceptors (Lipinski definition) is 5. The van der Waals surface area contributed by atoms with Crippen molar-refractivity contribution in [1.29, 1.82) is 0 Å². The average Bonchev–Trinajstić information content (AvgIpc) is 2.75. The molecule has 29 heavy (non-hydrogen) atoms. The minimum Gasteiger partial charge on any atom is -0.493 e. The zero-order valence-corrected chi connectivity index (χ0v) is 17.2. The van der Waals surface area contributed by atoms with Crippen LogP contribution >= 0.6 is 0 Å². The van der Waals surface area contributed by atoms with E-state index in [0.717, 1.165) is 16.9 Å². The van der Waals surface area contributed by atoms with Crippen molar-refractivity contribution >= 4 is 12.0 Å². The van der Waals surface area contributed by atoms with E-state index in [0.29, 0.717) is 30.5 Å². The standard InChI is InChI=1S/C23H27NO5/c1-15(2)22(17-8-10-18-20(14-17)29-13-12-28-18)24-21(25)11-9-16-6-5-7-19(26-3)23(16)27-4/h5-11,14-15,22H,12-13H2,1-4H3,(H,24,25)/b11-9+/t22-/m0/s1. The van der Waals surface area contributed by atoms with E-state index < -0.39 is 0 Å². The molecule has 2 aromatic carbocycles. The minimum absolute atomic E-state index is 0.157. The summed E-state index contributed by atoms with van der Waals surface area (Å²) in [7, 11) is 3.16. The summed E-state index contributed by atoms with van der Waals surface area (Å²) in [5.41, 5.74) is 1.74. The predicted octanol–water partition coefficient (Wildman–Crippen LogP) is 4.00. The number of benzene rings is 2. The molecular weight excluding hydrogens is 370 g/mol. The smallest absolute Gasteiger partial charge is 0.244 e. The van der Waals surface area contributed by atoms with Crippen LogP contribution in [0.2, 0.25) is 0 Å². The van der Waals surface area contributed by atoms with Crippen molar-refractivity contribution < 1.29 is 23.7 Å². The number of methoxy groups -OCH3 is 2. The molecule has 2 aromatic rings. The number of rotatable bonds is 7. The number of carbonyl (C=O) groups is 1. The third kappa shape index (κ3) is 4.83. The highest BCUT2D eigenvalue weighted by Crippen LogP contribution is 2.34. The summed E-state index contributed by atoms with van der Waals surface area (Å²) < 4.78 is 22.0. The Balaban J connectivity index is 1.76. The molecule has 1 amide bonds. The van der Waals surface area contributed by atoms with Crippen LogP contribution in [0, 0.1) is 5.92 Å². The molecule has 0 saturated carbocycles. The summed E-state index contributed by atoms with van der Waals surface area (Å²) in [6.45, 7) is 5.21. The van der Waals surface area contributed by atoms with E-state index in [2.05, 4.69) is 19.2 Å². The lowest BCUT2D eigenvalue weighted by Crippen LogP contribution is -2.30. The first-order chi connectivity index (χ1) is 14.0. The zero-order valence-electron chi connectivity index (χ0n) is 17.2. The Labute approximate surface area is 171 Å². The SMILES string of the molecule is COc1cccc(/C=C/C(=O)N[C@H](c2ccc3c(c2)OCCO3)C(C)C)c1OC. The van der Waals surface area contributed by atoms with E-state index in [4.69, 9.17) is 18.9 Å². The highest BCUT2D eigenvalue weighted by Gasteiger charge is 2.21. The predicted molar refractivity (Wildman–Crippen MR) is 112 cm³/mol. The van der Waals surface area contributed by atoms with Crippen LogP contribution in [0.1, 0.15) is 31.0 Å². The Bertz CT molecular complexity index is 891. The van der Waals surface area contributed by atoms with Gasteiger partial charge in [0.2, 0.25) is 5.91 Å². The van der Waals surface area contributed by atoms with Crippen LogP contribution in [0.15, 0.2) is 42.5 Å². The number of carbonyl (C=O) groups excluding carboxylic acids is 1. The Kier molecular flexibility index (Phi) is 6.65. The first-order valence-electron chi connectivity index (χ1n) is 9.62. The van der Waals surface area contributed by atoms with Gasteiger partial charge >= 0.3 is 0 Å². The van der Waals surface area contributed by atoms with Crippen molar-refractivity contribution in [3.05, 3.63) is 53.6 Å². The van der Waals surface area contributed by atoms with Crippen molar-refractivity contribution in [2.75, 3.05) is 27.4 Å². The molecule has 1 aliphatic rings. The molecule has 0 saturated heterocycles. The van der Waals surface area contributed by atoms with Gasteiger partial charge in [-0.25, -0.2) is 0 Å². The Hall–Kier alpha value is -3.15. The quantitative estimate of drug-likeness (QED) is 0.716. The van der Waals surface area contributed by atoms with Crippen LogP contribution in [0.25, 0.3) is 6.08 Å². The lowest BCUT2D eigenvalue weighted by Gasteiger charge is -2.25. The van der Waals surface area contributed by atoms with Crippen LogP contribution < -0.4 is 24.3 Å². The molecule has 0 spiro atoms. The number of amides is 1. The van der Waals surface area contributed by atoms with Gasteiger partial charge < -0.3 is 24.3 Å². The van der Waals surface area contributed by atoms with Crippen LogP contribution in [0.5, 0.6) is 23.0 Å². The molecule has 0 radical (unpaired) electrons. The first kappa shape index (κ1) is 20.6. The summed E-state index contributed by atoms with van der Waals surface area (Å²) >= 11 is 0. The fourth-order valence-electron chi connectivity index (χ4n) is 3.30. The highest BCUT2D eigenvalue weighted by molar-refractivity contribution is 5.92. The van der Waals surface area contributed by atoms with Crippen molar-refractivity contribution in [2.45, 2.75) is 19.9 Å². The van der Waals surface area contributed by atoms with E-state index in [9.17, 15) is 4.79 Å². The molecule has 0 unspecified atom stereocenters. The Morgan fingerprint density at radius 3 is 2.52 bits per heavy atom. The summed E-state index contributed by atoms with van der Waals surface area (Å²) in [6, 6.07) is 11.2. The summed E-state index contributed by atoms with van der Waals surface area (Å²) in [6.07, 6.45) is 3.22. The fourth-order valence-corrected chi connectivity index (χ4v) is 3.30. The molecule has 6 nitrogen and oxygen atoms in total. The van der Waals surface area contributed by atoms with Gasteiger partial charge in [-0.3, -0.25) is 4.79 Å². The Morgan fingerprint density at radius 2 is 1.83 bits per heavy atom. The number of nitrogens with one attached hydrogen (secondary N) is 1. The zero-order chi connectivity index (χ0) is 20.8. The van der Waals surface area contributed by atoms with Gasteiger partial charge in [0.15, 0.2) is 23.0 Å². The van der Waals surface area contributed by atoms with Crippen LogP contribution in [-0.4, -0.2) is 33.3 Å². The largest absolute Gasteiger partial charge is 0.493 e. The minimum atomic E-state index is -0.191. The van der Waals surface area contributed by atoms with Crippen molar-refractivity contribution in [3.63, 3.8) is 0 Å². The lowest BCUT2D eigenvalue weighted by atomic mass is 9.95. The van der Waals surface area contributed by atoms with Gasteiger partial charge in [-0.05, 0) is 35.8 Å². The maximum absolute atomic E-state index is 12.6. The molecule has 154 valence electrons. The number of fused-ring (bicyclic) bond motifs is 1. The molecule has 6 heteroatoms. The topological polar surface area (TPSA) is 66.0 Å². The maximum Gasteiger partial charge on any atom is 0.244 e. The molecule has 0 aliphatic carbocycles. The van der Waals surface area contributed by atoms with Gasteiger partial charge in [0.05, 0.1) is 20.3 Å². The summed E-state index contributed by atoms with van der Waals surface area (Å²) in [4.78, 5) is 12.6. The molecule has 1 aliphatic heterocycles. The highest BCUT2D eigenvalue weighted by atomic mass is 16.6. The summed E-state index contributed by atoms with van der Waals surface area (Å²) in [5.74, 6) is 2.66. The van der Waals surface area contributed by atoms with Gasteiger partial charge in [-0.1, -0.05) is 32.0 Å². The van der Waals surface area contributed by atoms with Gasteiger partial charge in [-0.2, -0.15) is 0 Å². The number of para-hydroxylation sites is 1. The van der Waals surface area contributed by atoms with Gasteiger partial charge in [0.1, 0.15) is 13.2 Å². The van der Waals surface area contributed by atoms with Gasteiger partial charge in [0.25, 0.3) is 0 Å². The number of ether oxygens (including phenoxy) is 4. The molecule has 1 N–H and O–H groups in total. The number of hydrogen-bond donors (Lipinski definition) is 1. The molecule has 1 heterocycles. The maximum atomic E-state index is 12.6. The normalized spacial score (nSPS) is 14.0. The van der Waals surface area contributed by atoms with Gasteiger partial charge in [0, 0.05) is 11.6 Å². The molecule has 1 atom stereocenters. The second kappa shape index (κ2) is 9.37. The van der Waals surface area contributed by atoms with E-state index in [1.165, 1.54) is 6.08 Å². The molecule has 3 rings (SSSR count). The molecule has 0 bridgehead atoms. The van der Waals surface area contributed by atoms with E-state index >= 15 is 0 Å². The van der Waals surface area contributed by atoms with Crippen molar-refractivity contribution in [1.82, 2.24) is 5.32 Å². The van der Waals surface area contributed by atoms with Crippen molar-refractivity contribution in [3.8, 4) is 23.0 Å². The average molecular weight is 397 g/mol. The molecule has 0 aromatic heterocycles. The summed E-state index contributed by atoms with van der Waals surface area (Å²) in [5, 5.41) is 3.08. The monoisotopic (exact) mass is 397 g/mol. The molecular formula is C23H27NO5. The second-order valence-corrected chi connectivity index (χ2v) is 7.05. The van der Waals surface area contributed by atoms with Crippen molar-refractivity contribution in [2.24, 2.45) is 5.92 Å².